The van der Waals surface area contributed by atoms with E-state index in [9.17, 15) is 14.4 Å². The van der Waals surface area contributed by atoms with Gasteiger partial charge in [0.05, 0.1) is 49.0 Å². The van der Waals surface area contributed by atoms with Crippen molar-refractivity contribution in [3.63, 3.8) is 0 Å². The number of imidazole rings is 2. The van der Waals surface area contributed by atoms with E-state index in [1.807, 2.05) is 18.3 Å². The summed E-state index contributed by atoms with van der Waals surface area (Å²) < 4.78 is 10.2. The van der Waals surface area contributed by atoms with Crippen LogP contribution < -0.4 is 10.6 Å². The number of aromatic amines is 2. The number of hydrogen-bond acceptors (Lipinski definition) is 8. The highest BCUT2D eigenvalue weighted by atomic mass is 16.5. The van der Waals surface area contributed by atoms with Gasteiger partial charge in [-0.05, 0) is 84.7 Å². The fourth-order valence-corrected chi connectivity index (χ4v) is 9.06. The Labute approximate surface area is 326 Å². The molecule has 4 heterocycles. The Kier molecular flexibility index (Phi) is 10.7. The summed E-state index contributed by atoms with van der Waals surface area (Å²) in [6.07, 6.45) is 10.9. The highest BCUT2D eigenvalue weighted by Gasteiger charge is 2.52. The van der Waals surface area contributed by atoms with E-state index in [1.54, 1.807) is 30.4 Å². The first-order chi connectivity index (χ1) is 27.3. The molecule has 2 saturated carbocycles. The zero-order chi connectivity index (χ0) is 38.8. The molecule has 4 N–H and O–H groups in total. The number of fused-ring (bicyclic) bond motifs is 2. The molecule has 1 aliphatic heterocycles. The molecule has 7 atom stereocenters. The standard InChI is InChI=1S/C43H48N8O5/c1-25(55-2)38(50-43(54)56-3)42(53)51-19-5-7-35(51)39-45-23-33(48-39)29-12-8-27(9-13-29)28-10-14-30(15-11-28)34-24-46-40(49-34)36-31-16-17-32(20-31)37(36)41(52)47-22-26-6-4-18-44-21-26/h4,6,8-15,18,21,23-25,31-32,35-38H,5,7,16-17,19-20,22H2,1-3H3,(H,45,48)(H,46,49)(H,47,52)(H,50,54)/t25-,31?,32?,35+,36+,37+,38+/m1/s1. The molecule has 2 aromatic carbocycles. The summed E-state index contributed by atoms with van der Waals surface area (Å²) in [6, 6.07) is 19.5. The van der Waals surface area contributed by atoms with Crippen LogP contribution in [0.15, 0.2) is 85.5 Å². The summed E-state index contributed by atoms with van der Waals surface area (Å²) in [7, 11) is 2.77. The zero-order valence-corrected chi connectivity index (χ0v) is 31.9. The molecule has 13 nitrogen and oxygen atoms in total. The van der Waals surface area contributed by atoms with Crippen molar-refractivity contribution in [2.24, 2.45) is 17.8 Å². The third-order valence-corrected chi connectivity index (χ3v) is 12.1. The van der Waals surface area contributed by atoms with Crippen molar-refractivity contribution in [1.82, 2.24) is 40.5 Å². The van der Waals surface area contributed by atoms with Gasteiger partial charge in [0.25, 0.3) is 0 Å². The van der Waals surface area contributed by atoms with Crippen molar-refractivity contribution in [2.75, 3.05) is 20.8 Å². The molecule has 3 aromatic heterocycles. The smallest absolute Gasteiger partial charge is 0.407 e. The Balaban J connectivity index is 0.918. The van der Waals surface area contributed by atoms with Crippen molar-refractivity contribution in [2.45, 2.75) is 69.7 Å². The lowest BCUT2D eigenvalue weighted by Crippen LogP contribution is -2.54. The Morgan fingerprint density at radius 3 is 2.12 bits per heavy atom. The lowest BCUT2D eigenvalue weighted by Gasteiger charge is -2.30. The number of carbonyl (C=O) groups excluding carboxylic acids is 3. The minimum Gasteiger partial charge on any atom is -0.453 e. The topological polar surface area (TPSA) is 167 Å². The molecule has 3 aliphatic rings. The molecule has 0 spiro atoms. The Morgan fingerprint density at radius 2 is 1.48 bits per heavy atom. The summed E-state index contributed by atoms with van der Waals surface area (Å²) >= 11 is 0. The van der Waals surface area contributed by atoms with Crippen molar-refractivity contribution in [1.29, 1.82) is 0 Å². The van der Waals surface area contributed by atoms with Crippen LogP contribution in [0, 0.1) is 17.8 Å². The SMILES string of the molecule is COC(=O)N[C@H](C(=O)N1CCC[C@H]1c1ncc(-c2ccc(-c3ccc(-c4cnc([C@H]5C6CCC(C6)[C@@H]5C(=O)NCc5cccnc5)[nH]4)cc3)cc2)[nH]1)[C@@H](C)OC. The van der Waals surface area contributed by atoms with E-state index >= 15 is 0 Å². The summed E-state index contributed by atoms with van der Waals surface area (Å²) in [5.74, 6) is 2.35. The van der Waals surface area contributed by atoms with Gasteiger partial charge in [-0.1, -0.05) is 54.6 Å². The molecular weight excluding hydrogens is 709 g/mol. The molecule has 56 heavy (non-hydrogen) atoms. The predicted octanol–water partition coefficient (Wildman–Crippen LogP) is 6.40. The molecule has 1 saturated heterocycles. The monoisotopic (exact) mass is 756 g/mol. The molecule has 290 valence electrons. The summed E-state index contributed by atoms with van der Waals surface area (Å²) in [6.45, 7) is 2.78. The molecule has 5 aromatic rings. The van der Waals surface area contributed by atoms with Crippen molar-refractivity contribution in [3.8, 4) is 33.6 Å². The second-order valence-electron chi connectivity index (χ2n) is 15.2. The number of nitrogens with zero attached hydrogens (tertiary/aromatic N) is 4. The van der Waals surface area contributed by atoms with Gasteiger partial charge in [0, 0.05) is 38.5 Å². The van der Waals surface area contributed by atoms with Gasteiger partial charge in [-0.3, -0.25) is 14.6 Å². The average molecular weight is 757 g/mol. The third-order valence-electron chi connectivity index (χ3n) is 12.1. The van der Waals surface area contributed by atoms with Crippen molar-refractivity contribution >= 4 is 17.9 Å². The van der Waals surface area contributed by atoms with E-state index in [1.165, 1.54) is 14.2 Å². The van der Waals surface area contributed by atoms with Gasteiger partial charge in [-0.15, -0.1) is 0 Å². The number of methoxy groups -OCH3 is 2. The van der Waals surface area contributed by atoms with E-state index in [-0.39, 0.29) is 29.7 Å². The predicted molar refractivity (Wildman–Crippen MR) is 210 cm³/mol. The Hall–Kier alpha value is -5.82. The highest BCUT2D eigenvalue weighted by molar-refractivity contribution is 5.87. The number of benzene rings is 2. The second kappa shape index (κ2) is 16.1. The number of alkyl carbamates (subject to hydrolysis) is 1. The number of hydrogen-bond donors (Lipinski definition) is 4. The van der Waals surface area contributed by atoms with Crippen LogP contribution in [0.5, 0.6) is 0 Å². The van der Waals surface area contributed by atoms with Crippen LogP contribution in [0.25, 0.3) is 33.6 Å². The van der Waals surface area contributed by atoms with Crippen LogP contribution in [0.1, 0.15) is 68.2 Å². The van der Waals surface area contributed by atoms with E-state index in [4.69, 9.17) is 14.5 Å². The highest BCUT2D eigenvalue weighted by Crippen LogP contribution is 2.56. The van der Waals surface area contributed by atoms with Gasteiger partial charge in [-0.25, -0.2) is 14.8 Å². The Bertz CT molecular complexity index is 2150. The molecule has 2 aliphatic carbocycles. The van der Waals surface area contributed by atoms with Gasteiger partial charge in [0.1, 0.15) is 17.7 Å². The van der Waals surface area contributed by atoms with Crippen molar-refractivity contribution < 1.29 is 23.9 Å². The molecular formula is C43H48N8O5. The number of carbonyl (C=O) groups is 3. The maximum atomic E-state index is 13.6. The summed E-state index contributed by atoms with van der Waals surface area (Å²) in [5.41, 5.74) is 6.98. The molecule has 8 rings (SSSR count). The first kappa shape index (κ1) is 37.1. The first-order valence-electron chi connectivity index (χ1n) is 19.5. The largest absolute Gasteiger partial charge is 0.453 e. The van der Waals surface area contributed by atoms with Crippen LogP contribution in [0.3, 0.4) is 0 Å². The minimum absolute atomic E-state index is 0.0793. The average Bonchev–Trinajstić information content (AvgIpc) is 4.10. The fraction of sp³-hybridized carbons (Fsp3) is 0.395. The third kappa shape index (κ3) is 7.43. The van der Waals surface area contributed by atoms with Gasteiger partial charge >= 0.3 is 6.09 Å². The molecule has 13 heteroatoms. The van der Waals surface area contributed by atoms with Gasteiger partial charge in [0.15, 0.2) is 0 Å². The fourth-order valence-electron chi connectivity index (χ4n) is 9.06. The van der Waals surface area contributed by atoms with Crippen molar-refractivity contribution in [3.05, 3.63) is 103 Å². The van der Waals surface area contributed by atoms with E-state index in [2.05, 4.69) is 79.1 Å². The number of amides is 3. The zero-order valence-electron chi connectivity index (χ0n) is 31.9. The number of nitrogens with one attached hydrogen (secondary N) is 4. The number of rotatable bonds is 12. The van der Waals surface area contributed by atoms with Gasteiger partial charge < -0.3 is 35.0 Å². The number of H-pyrrole nitrogens is 2. The first-order valence-corrected chi connectivity index (χ1v) is 19.5. The number of likely N-dealkylation sites (tertiary alicyclic amines) is 1. The van der Waals surface area contributed by atoms with E-state index in [0.717, 1.165) is 77.1 Å². The molecule has 3 fully saturated rings. The lowest BCUT2D eigenvalue weighted by molar-refractivity contribution is -0.137. The molecule has 3 amide bonds. The normalized spacial score (nSPS) is 22.5. The summed E-state index contributed by atoms with van der Waals surface area (Å²) in [4.78, 5) is 61.6. The van der Waals surface area contributed by atoms with Crippen LogP contribution in [-0.2, 0) is 25.6 Å². The molecule has 2 bridgehead atoms. The summed E-state index contributed by atoms with van der Waals surface area (Å²) in [5, 5.41) is 5.80. The minimum atomic E-state index is -0.885. The maximum Gasteiger partial charge on any atom is 0.407 e. The van der Waals surface area contributed by atoms with Gasteiger partial charge in [-0.2, -0.15) is 0 Å². The number of aromatic nitrogens is 5. The van der Waals surface area contributed by atoms with Gasteiger partial charge in [0.2, 0.25) is 11.8 Å². The van der Waals surface area contributed by atoms with Crippen LogP contribution in [0.4, 0.5) is 4.79 Å². The van der Waals surface area contributed by atoms with E-state index < -0.39 is 18.2 Å². The van der Waals surface area contributed by atoms with E-state index in [0.29, 0.717) is 30.7 Å². The van der Waals surface area contributed by atoms with Crippen LogP contribution in [-0.4, -0.2) is 80.6 Å². The number of ether oxygens (including phenoxy) is 2. The van der Waals surface area contributed by atoms with Crippen LogP contribution in [0.2, 0.25) is 0 Å². The molecule has 0 radical (unpaired) electrons. The quantitative estimate of drug-likeness (QED) is 0.114. The number of pyridine rings is 1. The maximum absolute atomic E-state index is 13.6. The van der Waals surface area contributed by atoms with Crippen LogP contribution >= 0.6 is 0 Å². The molecule has 2 unspecified atom stereocenters. The Morgan fingerprint density at radius 1 is 0.839 bits per heavy atom. The lowest BCUT2D eigenvalue weighted by atomic mass is 9.78. The second-order valence-corrected chi connectivity index (χ2v) is 15.2.